The number of carbonyl (C=O) groups is 1. The Labute approximate surface area is 184 Å². The molecule has 0 bridgehead atoms. The Hall–Kier alpha value is -1.94. The Morgan fingerprint density at radius 1 is 1.32 bits per heavy atom. The minimum atomic E-state index is -4.25. The van der Waals surface area contributed by atoms with E-state index in [-0.39, 0.29) is 28.8 Å². The van der Waals surface area contributed by atoms with Crippen LogP contribution in [0.5, 0.6) is 0 Å². The number of anilines is 1. The van der Waals surface area contributed by atoms with E-state index in [1.165, 1.54) is 6.33 Å². The van der Waals surface area contributed by atoms with Crippen LogP contribution in [-0.4, -0.2) is 53.9 Å². The normalized spacial score (nSPS) is 18.9. The SMILES string of the molecule is CCOC(=O)[C@@H](NC1CCCN(c2ncnc3sc(CC(F)(F)F)cc23)CC1)C(C)C. The first-order valence-corrected chi connectivity index (χ1v) is 11.5. The fourth-order valence-electron chi connectivity index (χ4n) is 3.92. The molecule has 172 valence electrons. The molecule has 0 saturated carbocycles. The van der Waals surface area contributed by atoms with Crippen LogP contribution in [0.2, 0.25) is 0 Å². The summed E-state index contributed by atoms with van der Waals surface area (Å²) in [4.78, 5) is 23.8. The number of thiophene rings is 1. The minimum Gasteiger partial charge on any atom is -0.465 e. The highest BCUT2D eigenvalue weighted by molar-refractivity contribution is 7.18. The van der Waals surface area contributed by atoms with Gasteiger partial charge in [0.1, 0.15) is 23.0 Å². The molecule has 3 rings (SSSR count). The molecule has 1 fully saturated rings. The second kappa shape index (κ2) is 10.1. The number of nitrogens with one attached hydrogen (secondary N) is 1. The third-order valence-corrected chi connectivity index (χ3v) is 6.43. The lowest BCUT2D eigenvalue weighted by molar-refractivity contribution is -0.147. The molecule has 1 aliphatic heterocycles. The Balaban J connectivity index is 1.72. The van der Waals surface area contributed by atoms with Crippen molar-refractivity contribution < 1.29 is 22.7 Å². The Morgan fingerprint density at radius 3 is 2.77 bits per heavy atom. The summed E-state index contributed by atoms with van der Waals surface area (Å²) in [6.45, 7) is 7.58. The predicted molar refractivity (Wildman–Crippen MR) is 115 cm³/mol. The highest BCUT2D eigenvalue weighted by Crippen LogP contribution is 2.34. The second-order valence-corrected chi connectivity index (χ2v) is 9.29. The molecule has 0 radical (unpaired) electrons. The van der Waals surface area contributed by atoms with E-state index in [1.807, 2.05) is 13.8 Å². The molecule has 0 aromatic carbocycles. The number of ether oxygens (including phenoxy) is 1. The van der Waals surface area contributed by atoms with Gasteiger partial charge in [0.05, 0.1) is 18.4 Å². The molecule has 1 aliphatic rings. The number of halogens is 3. The maximum atomic E-state index is 12.8. The van der Waals surface area contributed by atoms with Crippen molar-refractivity contribution in [1.29, 1.82) is 0 Å². The molecule has 1 N–H and O–H groups in total. The molecule has 6 nitrogen and oxygen atoms in total. The first-order valence-electron chi connectivity index (χ1n) is 10.7. The zero-order chi connectivity index (χ0) is 22.6. The van der Waals surface area contributed by atoms with E-state index >= 15 is 0 Å². The van der Waals surface area contributed by atoms with E-state index in [0.717, 1.165) is 37.1 Å². The average Bonchev–Trinajstić information content (AvgIpc) is 2.93. The van der Waals surface area contributed by atoms with Gasteiger partial charge in [0.2, 0.25) is 0 Å². The van der Waals surface area contributed by atoms with Gasteiger partial charge in [0.25, 0.3) is 0 Å². The van der Waals surface area contributed by atoms with Crippen LogP contribution in [0.15, 0.2) is 12.4 Å². The number of fused-ring (bicyclic) bond motifs is 1. The topological polar surface area (TPSA) is 67.3 Å². The summed E-state index contributed by atoms with van der Waals surface area (Å²) in [5.41, 5.74) is 0. The third kappa shape index (κ3) is 6.29. The van der Waals surface area contributed by atoms with Gasteiger partial charge in [0, 0.05) is 24.0 Å². The number of nitrogens with zero attached hydrogens (tertiary/aromatic N) is 3. The molecule has 1 saturated heterocycles. The molecule has 0 aliphatic carbocycles. The summed E-state index contributed by atoms with van der Waals surface area (Å²) in [5.74, 6) is 0.561. The lowest BCUT2D eigenvalue weighted by atomic mass is 10.0. The summed E-state index contributed by atoms with van der Waals surface area (Å²) in [6, 6.07) is 1.37. The third-order valence-electron chi connectivity index (χ3n) is 5.38. The fourth-order valence-corrected chi connectivity index (χ4v) is 4.94. The molecule has 2 aromatic heterocycles. The number of hydrogen-bond acceptors (Lipinski definition) is 7. The van der Waals surface area contributed by atoms with E-state index < -0.39 is 12.6 Å². The smallest absolute Gasteiger partial charge is 0.393 e. The van der Waals surface area contributed by atoms with E-state index in [1.54, 1.807) is 13.0 Å². The highest BCUT2D eigenvalue weighted by Gasteiger charge is 2.30. The number of alkyl halides is 3. The van der Waals surface area contributed by atoms with Gasteiger partial charge >= 0.3 is 12.1 Å². The number of aromatic nitrogens is 2. The van der Waals surface area contributed by atoms with Crippen LogP contribution >= 0.6 is 11.3 Å². The Kier molecular flexibility index (Phi) is 7.74. The Morgan fingerprint density at radius 2 is 2.10 bits per heavy atom. The van der Waals surface area contributed by atoms with Gasteiger partial charge in [-0.2, -0.15) is 13.2 Å². The van der Waals surface area contributed by atoms with E-state index in [2.05, 4.69) is 20.2 Å². The van der Waals surface area contributed by atoms with Gasteiger partial charge < -0.3 is 15.0 Å². The minimum absolute atomic E-state index is 0.109. The molecule has 31 heavy (non-hydrogen) atoms. The summed E-state index contributed by atoms with van der Waals surface area (Å²) in [6.07, 6.45) is -1.20. The first-order chi connectivity index (χ1) is 14.7. The Bertz CT molecular complexity index is 887. The predicted octanol–water partition coefficient (Wildman–Crippen LogP) is 4.33. The molecule has 2 atom stereocenters. The summed E-state index contributed by atoms with van der Waals surface area (Å²) >= 11 is 1.07. The van der Waals surface area contributed by atoms with Crippen molar-refractivity contribution in [2.75, 3.05) is 24.6 Å². The van der Waals surface area contributed by atoms with Crippen LogP contribution in [0.4, 0.5) is 19.0 Å². The molecule has 10 heteroatoms. The lowest BCUT2D eigenvalue weighted by Gasteiger charge is -2.26. The van der Waals surface area contributed by atoms with Crippen molar-refractivity contribution in [3.63, 3.8) is 0 Å². The van der Waals surface area contributed by atoms with Gasteiger partial charge in [0.15, 0.2) is 0 Å². The molecule has 3 heterocycles. The molecule has 1 unspecified atom stereocenters. The molecular formula is C21H29F3N4O2S. The van der Waals surface area contributed by atoms with Gasteiger partial charge in [-0.25, -0.2) is 9.97 Å². The van der Waals surface area contributed by atoms with Crippen molar-refractivity contribution >= 4 is 33.3 Å². The van der Waals surface area contributed by atoms with E-state index in [9.17, 15) is 18.0 Å². The molecule has 0 amide bonds. The zero-order valence-corrected chi connectivity index (χ0v) is 18.9. The number of rotatable bonds is 7. The van der Waals surface area contributed by atoms with E-state index in [0.29, 0.717) is 29.2 Å². The van der Waals surface area contributed by atoms with Crippen LogP contribution in [0.3, 0.4) is 0 Å². The quantitative estimate of drug-likeness (QED) is 0.623. The van der Waals surface area contributed by atoms with Crippen LogP contribution in [-0.2, 0) is 16.0 Å². The summed E-state index contributed by atoms with van der Waals surface area (Å²) < 4.78 is 43.6. The summed E-state index contributed by atoms with van der Waals surface area (Å²) in [5, 5.41) is 4.13. The highest BCUT2D eigenvalue weighted by atomic mass is 32.1. The van der Waals surface area contributed by atoms with Crippen molar-refractivity contribution in [3.8, 4) is 0 Å². The van der Waals surface area contributed by atoms with Gasteiger partial charge in [-0.1, -0.05) is 13.8 Å². The van der Waals surface area contributed by atoms with Crippen molar-refractivity contribution in [3.05, 3.63) is 17.3 Å². The standard InChI is InChI=1S/C21H29F3N4O2S/c1-4-30-20(29)17(13(2)3)27-14-6-5-8-28(9-7-14)18-16-10-15(11-21(22,23)24)31-19(16)26-12-25-18/h10,12-14,17,27H,4-9,11H2,1-3H3/t14?,17-/m0/s1. The number of carbonyl (C=O) groups excluding carboxylic acids is 1. The van der Waals surface area contributed by atoms with Crippen molar-refractivity contribution in [2.24, 2.45) is 5.92 Å². The van der Waals surface area contributed by atoms with Gasteiger partial charge in [-0.3, -0.25) is 4.79 Å². The van der Waals surface area contributed by atoms with Crippen LogP contribution in [0.1, 0.15) is 44.9 Å². The summed E-state index contributed by atoms with van der Waals surface area (Å²) in [7, 11) is 0. The monoisotopic (exact) mass is 458 g/mol. The van der Waals surface area contributed by atoms with Crippen molar-refractivity contribution in [2.45, 2.75) is 64.7 Å². The number of esters is 1. The maximum absolute atomic E-state index is 12.8. The van der Waals surface area contributed by atoms with E-state index in [4.69, 9.17) is 4.74 Å². The molecular weight excluding hydrogens is 429 g/mol. The van der Waals surface area contributed by atoms with Crippen LogP contribution in [0.25, 0.3) is 10.2 Å². The number of hydrogen-bond donors (Lipinski definition) is 1. The maximum Gasteiger partial charge on any atom is 0.393 e. The second-order valence-electron chi connectivity index (χ2n) is 8.18. The molecule has 0 spiro atoms. The zero-order valence-electron chi connectivity index (χ0n) is 18.0. The molecule has 2 aromatic rings. The van der Waals surface area contributed by atoms with Crippen molar-refractivity contribution in [1.82, 2.24) is 15.3 Å². The van der Waals surface area contributed by atoms with Crippen LogP contribution < -0.4 is 10.2 Å². The fraction of sp³-hybridized carbons (Fsp3) is 0.667. The van der Waals surface area contributed by atoms with Crippen LogP contribution in [0, 0.1) is 5.92 Å². The average molecular weight is 459 g/mol. The lowest BCUT2D eigenvalue weighted by Crippen LogP contribution is -2.47. The first kappa shape index (κ1) is 23.7. The largest absolute Gasteiger partial charge is 0.465 e. The van der Waals surface area contributed by atoms with Gasteiger partial charge in [-0.05, 0) is 38.2 Å². The van der Waals surface area contributed by atoms with Gasteiger partial charge in [-0.15, -0.1) is 11.3 Å².